The minimum Gasteiger partial charge on any atom is -0.320 e. The third kappa shape index (κ3) is 5.88. The van der Waals surface area contributed by atoms with Crippen LogP contribution in [0.3, 0.4) is 0 Å². The second-order valence-corrected chi connectivity index (χ2v) is 5.39. The van der Waals surface area contributed by atoms with Gasteiger partial charge in [-0.2, -0.15) is 0 Å². The first kappa shape index (κ1) is 22.8. The summed E-state index contributed by atoms with van der Waals surface area (Å²) >= 11 is 0. The highest BCUT2D eigenvalue weighted by molar-refractivity contribution is 6.04. The second-order valence-electron chi connectivity index (χ2n) is 5.39. The van der Waals surface area contributed by atoms with E-state index in [0.717, 1.165) is 22.4 Å². The number of rotatable bonds is 4. The molecule has 3 rings (SSSR count). The predicted molar refractivity (Wildman–Crippen MR) is 119 cm³/mol. The zero-order valence-corrected chi connectivity index (χ0v) is 17.2. The number of carbonyl (C=O) groups excluding carboxylic acids is 2. The molecule has 4 heteroatoms. The molecule has 0 radical (unpaired) electrons. The number of hydrogen-bond donors (Lipinski definition) is 1. The lowest BCUT2D eigenvalue weighted by Gasteiger charge is -2.12. The van der Waals surface area contributed by atoms with Crippen molar-refractivity contribution >= 4 is 17.9 Å². The molecule has 0 unspecified atom stereocenters. The molecule has 1 N–H and O–H groups in total. The molecular formula is C24H30N2O2. The van der Waals surface area contributed by atoms with Gasteiger partial charge < -0.3 is 5.32 Å². The molecule has 1 aromatic heterocycles. The van der Waals surface area contributed by atoms with Gasteiger partial charge in [-0.05, 0) is 41.8 Å². The third-order valence-electron chi connectivity index (χ3n) is 3.82. The zero-order valence-electron chi connectivity index (χ0n) is 17.2. The Morgan fingerprint density at radius 3 is 2.29 bits per heavy atom. The monoisotopic (exact) mass is 378 g/mol. The predicted octanol–water partition coefficient (Wildman–Crippen LogP) is 6.42. The minimum atomic E-state index is -0.341. The molecule has 3 aromatic rings. The number of pyridine rings is 1. The number of benzene rings is 2. The molecule has 1 heterocycles. The lowest BCUT2D eigenvalue weighted by atomic mass is 9.99. The van der Waals surface area contributed by atoms with E-state index < -0.39 is 0 Å². The Morgan fingerprint density at radius 1 is 0.964 bits per heavy atom. The van der Waals surface area contributed by atoms with E-state index in [9.17, 15) is 9.59 Å². The molecule has 1 amide bonds. The Labute approximate surface area is 169 Å². The van der Waals surface area contributed by atoms with Crippen LogP contribution in [0.15, 0.2) is 66.9 Å². The van der Waals surface area contributed by atoms with Crippen LogP contribution in [0.4, 0.5) is 5.69 Å². The van der Waals surface area contributed by atoms with Crippen LogP contribution in [-0.2, 0) is 0 Å². The Bertz CT molecular complexity index is 896. The molecule has 0 spiro atoms. The molecule has 0 aliphatic carbocycles. The Kier molecular flexibility index (Phi) is 9.90. The Balaban J connectivity index is 0.00000148. The van der Waals surface area contributed by atoms with Gasteiger partial charge in [0.15, 0.2) is 0 Å². The van der Waals surface area contributed by atoms with Gasteiger partial charge in [-0.3, -0.25) is 14.6 Å². The van der Waals surface area contributed by atoms with Crippen LogP contribution < -0.4 is 5.32 Å². The first-order valence-corrected chi connectivity index (χ1v) is 9.56. The van der Waals surface area contributed by atoms with Gasteiger partial charge in [0.2, 0.25) is 0 Å². The first-order valence-electron chi connectivity index (χ1n) is 9.56. The summed E-state index contributed by atoms with van der Waals surface area (Å²) in [6.45, 7) is 9.97. The highest BCUT2D eigenvalue weighted by Crippen LogP contribution is 2.28. The molecule has 0 atom stereocenters. The number of hydrogen-bond acceptors (Lipinski definition) is 3. The number of aromatic nitrogens is 1. The number of aldehydes is 1. The van der Waals surface area contributed by atoms with E-state index in [1.165, 1.54) is 12.3 Å². The van der Waals surface area contributed by atoms with E-state index >= 15 is 0 Å². The summed E-state index contributed by atoms with van der Waals surface area (Å²) in [4.78, 5) is 27.3. The molecular weight excluding hydrogens is 348 g/mol. The fourth-order valence-corrected chi connectivity index (χ4v) is 2.53. The van der Waals surface area contributed by atoms with Gasteiger partial charge in [0.1, 0.15) is 12.0 Å². The zero-order chi connectivity index (χ0) is 20.9. The van der Waals surface area contributed by atoms with Crippen LogP contribution in [0.5, 0.6) is 0 Å². The molecule has 28 heavy (non-hydrogen) atoms. The van der Waals surface area contributed by atoms with Crippen LogP contribution in [0.2, 0.25) is 0 Å². The van der Waals surface area contributed by atoms with Gasteiger partial charge >= 0.3 is 0 Å². The van der Waals surface area contributed by atoms with E-state index in [2.05, 4.69) is 10.3 Å². The third-order valence-corrected chi connectivity index (χ3v) is 3.82. The fourth-order valence-electron chi connectivity index (χ4n) is 2.53. The van der Waals surface area contributed by atoms with Crippen molar-refractivity contribution in [1.82, 2.24) is 4.98 Å². The normalized spacial score (nSPS) is 9.18. The van der Waals surface area contributed by atoms with Crippen LogP contribution in [-0.4, -0.2) is 17.2 Å². The van der Waals surface area contributed by atoms with E-state index in [0.29, 0.717) is 11.8 Å². The van der Waals surface area contributed by atoms with Gasteiger partial charge in [-0.15, -0.1) is 0 Å². The standard InChI is InChI=1S/C20H16N2O2.2C2H6.H2/c1-14-17(16-6-3-2-4-7-16)8-5-9-18(14)22-20(24)19-12-15(13-23)10-11-21-19;2*1-2;/h2-13H,1H3,(H,22,24);2*1-2H3;1H. The van der Waals surface area contributed by atoms with Gasteiger partial charge in [-0.25, -0.2) is 0 Å². The van der Waals surface area contributed by atoms with Crippen molar-refractivity contribution in [2.45, 2.75) is 34.6 Å². The average Bonchev–Trinajstić information content (AvgIpc) is 2.78. The van der Waals surface area contributed by atoms with Crippen molar-refractivity contribution in [3.8, 4) is 11.1 Å². The van der Waals surface area contributed by atoms with E-state index in [4.69, 9.17) is 0 Å². The summed E-state index contributed by atoms with van der Waals surface area (Å²) in [7, 11) is 0. The van der Waals surface area contributed by atoms with E-state index in [1.54, 1.807) is 6.07 Å². The average molecular weight is 379 g/mol. The van der Waals surface area contributed by atoms with Crippen molar-refractivity contribution in [3.05, 3.63) is 83.7 Å². The van der Waals surface area contributed by atoms with Gasteiger partial charge in [-0.1, -0.05) is 70.2 Å². The number of anilines is 1. The SMILES string of the molecule is CC.CC.Cc1c(NC(=O)c2cc(C=O)ccn2)cccc1-c1ccccc1.[HH]. The van der Waals surface area contributed by atoms with Crippen molar-refractivity contribution < 1.29 is 11.0 Å². The lowest BCUT2D eigenvalue weighted by molar-refractivity contribution is 0.102. The van der Waals surface area contributed by atoms with Gasteiger partial charge in [0, 0.05) is 18.9 Å². The van der Waals surface area contributed by atoms with Crippen LogP contribution in [0.1, 0.15) is 55.5 Å². The van der Waals surface area contributed by atoms with E-state index in [-0.39, 0.29) is 13.0 Å². The maximum absolute atomic E-state index is 12.4. The topological polar surface area (TPSA) is 59.1 Å². The minimum absolute atomic E-state index is 0. The number of carbonyl (C=O) groups is 2. The summed E-state index contributed by atoms with van der Waals surface area (Å²) in [5.41, 5.74) is 4.48. The maximum Gasteiger partial charge on any atom is 0.274 e. The van der Waals surface area contributed by atoms with Crippen molar-refractivity contribution in [1.29, 1.82) is 0 Å². The van der Waals surface area contributed by atoms with E-state index in [1.807, 2.05) is 83.1 Å². The first-order chi connectivity index (χ1) is 13.7. The summed E-state index contributed by atoms with van der Waals surface area (Å²) in [5.74, 6) is -0.341. The van der Waals surface area contributed by atoms with Gasteiger partial charge in [0.05, 0.1) is 0 Å². The lowest BCUT2D eigenvalue weighted by Crippen LogP contribution is -2.14. The molecule has 0 aliphatic heterocycles. The molecule has 148 valence electrons. The number of nitrogens with zero attached hydrogens (tertiary/aromatic N) is 1. The molecule has 4 nitrogen and oxygen atoms in total. The number of nitrogens with one attached hydrogen (secondary N) is 1. The maximum atomic E-state index is 12.4. The molecule has 0 fully saturated rings. The highest BCUT2D eigenvalue weighted by Gasteiger charge is 2.12. The van der Waals surface area contributed by atoms with Gasteiger partial charge in [0.25, 0.3) is 5.91 Å². The van der Waals surface area contributed by atoms with Crippen LogP contribution >= 0.6 is 0 Å². The largest absolute Gasteiger partial charge is 0.320 e. The summed E-state index contributed by atoms with van der Waals surface area (Å²) < 4.78 is 0. The highest BCUT2D eigenvalue weighted by atomic mass is 16.1. The summed E-state index contributed by atoms with van der Waals surface area (Å²) in [6.07, 6.45) is 2.14. The van der Waals surface area contributed by atoms with Crippen molar-refractivity contribution in [2.24, 2.45) is 0 Å². The molecule has 0 saturated heterocycles. The molecule has 0 bridgehead atoms. The summed E-state index contributed by atoms with van der Waals surface area (Å²) in [5, 5.41) is 2.87. The molecule has 2 aromatic carbocycles. The second kappa shape index (κ2) is 12.2. The number of amides is 1. The smallest absolute Gasteiger partial charge is 0.274 e. The quantitative estimate of drug-likeness (QED) is 0.533. The summed E-state index contributed by atoms with van der Waals surface area (Å²) in [6, 6.07) is 18.8. The fraction of sp³-hybridized carbons (Fsp3) is 0.208. The van der Waals surface area contributed by atoms with Crippen molar-refractivity contribution in [2.75, 3.05) is 5.32 Å². The Hall–Kier alpha value is -3.27. The van der Waals surface area contributed by atoms with Crippen LogP contribution in [0, 0.1) is 6.92 Å². The van der Waals surface area contributed by atoms with Crippen LogP contribution in [0.25, 0.3) is 11.1 Å². The van der Waals surface area contributed by atoms with Crippen molar-refractivity contribution in [3.63, 3.8) is 0 Å². The molecule has 0 saturated carbocycles. The Morgan fingerprint density at radius 2 is 1.64 bits per heavy atom. The molecule has 0 aliphatic rings.